The molecule has 0 N–H and O–H groups in total. The van der Waals surface area contributed by atoms with E-state index < -0.39 is 0 Å². The molecular formula is C24H38N2O4. The van der Waals surface area contributed by atoms with E-state index in [1.807, 2.05) is 41.0 Å². The maximum Gasteiger partial charge on any atom is 0.257 e. The van der Waals surface area contributed by atoms with Crippen molar-refractivity contribution in [2.75, 3.05) is 40.0 Å². The highest BCUT2D eigenvalue weighted by Gasteiger charge is 2.26. The van der Waals surface area contributed by atoms with Crippen LogP contribution in [-0.4, -0.2) is 67.6 Å². The van der Waals surface area contributed by atoms with Crippen molar-refractivity contribution in [1.29, 1.82) is 0 Å². The van der Waals surface area contributed by atoms with Crippen LogP contribution in [0.4, 0.5) is 0 Å². The lowest BCUT2D eigenvalue weighted by atomic mass is 10.0. The minimum absolute atomic E-state index is 0.000337. The van der Waals surface area contributed by atoms with Gasteiger partial charge in [0.2, 0.25) is 5.91 Å². The van der Waals surface area contributed by atoms with E-state index in [0.717, 1.165) is 38.6 Å². The van der Waals surface area contributed by atoms with Gasteiger partial charge in [0.1, 0.15) is 19.0 Å². The topological polar surface area (TPSA) is 59.1 Å². The molecule has 1 aliphatic rings. The molecule has 0 unspecified atom stereocenters. The first-order chi connectivity index (χ1) is 14.5. The van der Waals surface area contributed by atoms with Gasteiger partial charge >= 0.3 is 0 Å². The number of hydrogen-bond acceptors (Lipinski definition) is 4. The van der Waals surface area contributed by atoms with Crippen molar-refractivity contribution in [2.24, 2.45) is 5.92 Å². The van der Waals surface area contributed by atoms with E-state index in [-0.39, 0.29) is 24.5 Å². The number of amides is 2. The van der Waals surface area contributed by atoms with E-state index in [1.165, 1.54) is 0 Å². The number of nitrogens with zero attached hydrogens (tertiary/aromatic N) is 2. The number of ether oxygens (including phenoxy) is 2. The van der Waals surface area contributed by atoms with Gasteiger partial charge in [-0.05, 0) is 44.2 Å². The Hall–Kier alpha value is -2.08. The standard InChI is InChI=1S/C24H38N2O4/c1-5-25-14-10-6-7-11-15-26(23(27)18-29-4)20(16-19(2)3)17-30-22-13-9-8-12-21(22)24(25)28/h8-9,12-13,19-20H,5-7,10-11,14-18H2,1-4H3/t20-/m0/s1. The fourth-order valence-electron chi connectivity index (χ4n) is 4.01. The normalized spacial score (nSPS) is 19.2. The third kappa shape index (κ3) is 7.01. The molecule has 0 saturated heterocycles. The molecule has 1 atom stereocenters. The number of methoxy groups -OCH3 is 1. The van der Waals surface area contributed by atoms with Crippen LogP contribution in [0.5, 0.6) is 5.75 Å². The molecule has 0 fully saturated rings. The van der Waals surface area contributed by atoms with Crippen molar-refractivity contribution in [3.8, 4) is 5.75 Å². The predicted molar refractivity (Wildman–Crippen MR) is 119 cm³/mol. The van der Waals surface area contributed by atoms with Crippen molar-refractivity contribution >= 4 is 11.8 Å². The highest BCUT2D eigenvalue weighted by atomic mass is 16.5. The first-order valence-corrected chi connectivity index (χ1v) is 11.3. The molecule has 0 radical (unpaired) electrons. The van der Waals surface area contributed by atoms with E-state index in [1.54, 1.807) is 7.11 Å². The van der Waals surface area contributed by atoms with Crippen LogP contribution in [0.3, 0.4) is 0 Å². The van der Waals surface area contributed by atoms with E-state index in [9.17, 15) is 9.59 Å². The summed E-state index contributed by atoms with van der Waals surface area (Å²) in [6.07, 6.45) is 4.83. The smallest absolute Gasteiger partial charge is 0.257 e. The maximum atomic E-state index is 13.1. The third-order valence-electron chi connectivity index (χ3n) is 5.57. The third-order valence-corrected chi connectivity index (χ3v) is 5.57. The van der Waals surface area contributed by atoms with Gasteiger partial charge in [-0.1, -0.05) is 38.8 Å². The van der Waals surface area contributed by atoms with Crippen LogP contribution >= 0.6 is 0 Å². The quantitative estimate of drug-likeness (QED) is 0.725. The molecule has 2 amide bonds. The van der Waals surface area contributed by atoms with Crippen LogP contribution in [0, 0.1) is 5.92 Å². The number of carbonyl (C=O) groups excluding carboxylic acids is 2. The molecule has 0 spiro atoms. The van der Waals surface area contributed by atoms with Gasteiger partial charge in [-0.15, -0.1) is 0 Å². The van der Waals surface area contributed by atoms with Gasteiger partial charge in [0.05, 0.1) is 11.6 Å². The van der Waals surface area contributed by atoms with Crippen molar-refractivity contribution in [3.63, 3.8) is 0 Å². The lowest BCUT2D eigenvalue weighted by Gasteiger charge is -2.33. The Kier molecular flexibility index (Phi) is 10.1. The number of rotatable bonds is 5. The zero-order chi connectivity index (χ0) is 21.9. The fraction of sp³-hybridized carbons (Fsp3) is 0.667. The van der Waals surface area contributed by atoms with Gasteiger partial charge in [0.15, 0.2) is 0 Å². The van der Waals surface area contributed by atoms with Crippen LogP contribution < -0.4 is 4.74 Å². The summed E-state index contributed by atoms with van der Waals surface area (Å²) >= 11 is 0. The molecule has 30 heavy (non-hydrogen) atoms. The monoisotopic (exact) mass is 418 g/mol. The zero-order valence-electron chi connectivity index (χ0n) is 19.1. The number of fused-ring (bicyclic) bond motifs is 1. The van der Waals surface area contributed by atoms with Gasteiger partial charge in [0.25, 0.3) is 5.91 Å². The van der Waals surface area contributed by atoms with Gasteiger partial charge in [-0.25, -0.2) is 0 Å². The average molecular weight is 419 g/mol. The Morgan fingerprint density at radius 2 is 1.87 bits per heavy atom. The number of para-hydroxylation sites is 1. The molecule has 1 aromatic rings. The second kappa shape index (κ2) is 12.6. The van der Waals surface area contributed by atoms with Crippen molar-refractivity contribution in [3.05, 3.63) is 29.8 Å². The highest BCUT2D eigenvalue weighted by Crippen LogP contribution is 2.23. The van der Waals surface area contributed by atoms with Crippen molar-refractivity contribution in [1.82, 2.24) is 9.80 Å². The Labute approximate surface area is 181 Å². The van der Waals surface area contributed by atoms with E-state index in [2.05, 4.69) is 13.8 Å². The lowest BCUT2D eigenvalue weighted by molar-refractivity contribution is -0.138. The SMILES string of the molecule is CCN1CCCCCCN(C(=O)COC)[C@@H](CC(C)C)COc2ccccc2C1=O. The molecule has 0 bridgehead atoms. The second-order valence-electron chi connectivity index (χ2n) is 8.41. The van der Waals surface area contributed by atoms with Gasteiger partial charge in [0, 0.05) is 26.7 Å². The van der Waals surface area contributed by atoms with Gasteiger partial charge < -0.3 is 19.3 Å². The van der Waals surface area contributed by atoms with Crippen LogP contribution in [0.25, 0.3) is 0 Å². The molecule has 6 heteroatoms. The summed E-state index contributed by atoms with van der Waals surface area (Å²) in [6.45, 7) is 8.90. The Bertz CT molecular complexity index is 677. The zero-order valence-corrected chi connectivity index (χ0v) is 19.1. The molecule has 6 nitrogen and oxygen atoms in total. The molecule has 0 aliphatic carbocycles. The largest absolute Gasteiger partial charge is 0.491 e. The van der Waals surface area contributed by atoms with E-state index >= 15 is 0 Å². The molecule has 1 aromatic carbocycles. The first kappa shape index (κ1) is 24.2. The molecular weight excluding hydrogens is 380 g/mol. The van der Waals surface area contributed by atoms with Crippen LogP contribution in [-0.2, 0) is 9.53 Å². The predicted octanol–water partition coefficient (Wildman–Crippen LogP) is 3.99. The van der Waals surface area contributed by atoms with E-state index in [4.69, 9.17) is 9.47 Å². The van der Waals surface area contributed by atoms with Crippen LogP contribution in [0.15, 0.2) is 24.3 Å². The van der Waals surface area contributed by atoms with E-state index in [0.29, 0.717) is 36.9 Å². The van der Waals surface area contributed by atoms with Gasteiger partial charge in [-0.3, -0.25) is 9.59 Å². The summed E-state index contributed by atoms with van der Waals surface area (Å²) in [5.41, 5.74) is 0.592. The summed E-state index contributed by atoms with van der Waals surface area (Å²) in [6, 6.07) is 7.38. The second-order valence-corrected chi connectivity index (χ2v) is 8.41. The molecule has 2 rings (SSSR count). The summed E-state index contributed by atoms with van der Waals surface area (Å²) in [7, 11) is 1.55. The summed E-state index contributed by atoms with van der Waals surface area (Å²) in [4.78, 5) is 29.7. The Morgan fingerprint density at radius 1 is 1.17 bits per heavy atom. The summed E-state index contributed by atoms with van der Waals surface area (Å²) < 4.78 is 11.3. The lowest BCUT2D eigenvalue weighted by Crippen LogP contribution is -2.46. The number of hydrogen-bond donors (Lipinski definition) is 0. The van der Waals surface area contributed by atoms with Crippen molar-refractivity contribution in [2.45, 2.75) is 58.9 Å². The van der Waals surface area contributed by atoms with Gasteiger partial charge in [-0.2, -0.15) is 0 Å². The fourth-order valence-corrected chi connectivity index (χ4v) is 4.01. The number of carbonyl (C=O) groups is 2. The molecule has 1 aliphatic heterocycles. The molecule has 0 aromatic heterocycles. The first-order valence-electron chi connectivity index (χ1n) is 11.3. The Balaban J connectivity index is 2.33. The molecule has 0 saturated carbocycles. The van der Waals surface area contributed by atoms with Crippen LogP contribution in [0.1, 0.15) is 63.2 Å². The highest BCUT2D eigenvalue weighted by molar-refractivity contribution is 5.96. The average Bonchev–Trinajstić information content (AvgIpc) is 2.72. The van der Waals surface area contributed by atoms with Crippen molar-refractivity contribution < 1.29 is 19.1 Å². The minimum atomic E-state index is -0.0546. The summed E-state index contributed by atoms with van der Waals surface area (Å²) in [5, 5.41) is 0. The molecule has 168 valence electrons. The van der Waals surface area contributed by atoms with Crippen LogP contribution in [0.2, 0.25) is 0 Å². The molecule has 1 heterocycles. The summed E-state index contributed by atoms with van der Waals surface area (Å²) in [5.74, 6) is 1.02. The maximum absolute atomic E-state index is 13.1. The number of benzene rings is 1. The minimum Gasteiger partial charge on any atom is -0.491 e. The Morgan fingerprint density at radius 3 is 2.53 bits per heavy atom.